The van der Waals surface area contributed by atoms with Crippen LogP contribution in [0.4, 0.5) is 0 Å². The van der Waals surface area contributed by atoms with Crippen molar-refractivity contribution in [2.75, 3.05) is 46.9 Å². The molecule has 1 rings (SSSR count). The average molecular weight is 260 g/mol. The van der Waals surface area contributed by atoms with E-state index in [1.54, 1.807) is 0 Å². The van der Waals surface area contributed by atoms with Crippen molar-refractivity contribution >= 4 is 8.72 Å². The first-order chi connectivity index (χ1) is 8.14. The molecule has 0 aromatic rings. The van der Waals surface area contributed by atoms with E-state index in [4.69, 9.17) is 8.85 Å². The van der Waals surface area contributed by atoms with Crippen molar-refractivity contribution in [1.82, 2.24) is 9.47 Å². The monoisotopic (exact) mass is 260 g/mol. The van der Waals surface area contributed by atoms with Gasteiger partial charge in [0.2, 0.25) is 0 Å². The third-order valence-corrected chi connectivity index (χ3v) is 7.09. The van der Waals surface area contributed by atoms with Gasteiger partial charge in [0.05, 0.1) is 0 Å². The van der Waals surface area contributed by atoms with Crippen LogP contribution in [-0.2, 0) is 8.85 Å². The van der Waals surface area contributed by atoms with Gasteiger partial charge in [-0.1, -0.05) is 0 Å². The maximum absolute atomic E-state index is 6.08. The summed E-state index contributed by atoms with van der Waals surface area (Å²) in [5, 5.41) is 0. The summed E-state index contributed by atoms with van der Waals surface area (Å²) < 4.78 is 14.7. The Balaban J connectivity index is 2.65. The molecular weight excluding hydrogens is 232 g/mol. The van der Waals surface area contributed by atoms with Crippen molar-refractivity contribution in [2.45, 2.75) is 32.7 Å². The van der Waals surface area contributed by atoms with E-state index in [0.29, 0.717) is 0 Å². The third-order valence-electron chi connectivity index (χ3n) is 3.21. The van der Waals surface area contributed by atoms with Crippen LogP contribution in [0, 0.1) is 0 Å². The Labute approximate surface area is 107 Å². The summed E-state index contributed by atoms with van der Waals surface area (Å²) in [6.07, 6.45) is 2.53. The van der Waals surface area contributed by atoms with Gasteiger partial charge in [-0.2, -0.15) is 0 Å². The first-order valence-corrected chi connectivity index (χ1v) is 8.79. The highest BCUT2D eigenvalue weighted by Gasteiger charge is 2.46. The van der Waals surface area contributed by atoms with E-state index in [0.717, 1.165) is 38.9 Å². The van der Waals surface area contributed by atoms with Gasteiger partial charge in [0.1, 0.15) is 0 Å². The molecule has 0 N–H and O–H groups in total. The number of hydrogen-bond acceptors (Lipinski definition) is 4. The Morgan fingerprint density at radius 1 is 1.12 bits per heavy atom. The van der Waals surface area contributed by atoms with E-state index in [2.05, 4.69) is 37.4 Å². The summed E-state index contributed by atoms with van der Waals surface area (Å²) in [4.78, 5) is 2.23. The van der Waals surface area contributed by atoms with Crippen LogP contribution >= 0.6 is 0 Å². The van der Waals surface area contributed by atoms with Crippen molar-refractivity contribution < 1.29 is 8.85 Å². The smallest absolute Gasteiger partial charge is 0.383 e. The molecule has 0 amide bonds. The molecule has 0 saturated carbocycles. The van der Waals surface area contributed by atoms with E-state index < -0.39 is 8.72 Å². The molecule has 0 spiro atoms. The Kier molecular flexibility index (Phi) is 6.65. The summed E-state index contributed by atoms with van der Waals surface area (Å²) in [5.74, 6) is 0. The van der Waals surface area contributed by atoms with Crippen LogP contribution in [0.3, 0.4) is 0 Å². The molecule has 1 aliphatic rings. The molecule has 17 heavy (non-hydrogen) atoms. The summed E-state index contributed by atoms with van der Waals surface area (Å²) >= 11 is 0. The SMILES string of the molecule is CCO[Si]1(OCC)CCCCN1CCN(C)C. The predicted molar refractivity (Wildman–Crippen MR) is 73.2 cm³/mol. The molecule has 0 atom stereocenters. The van der Waals surface area contributed by atoms with Gasteiger partial charge in [-0.3, -0.25) is 4.57 Å². The van der Waals surface area contributed by atoms with Crippen LogP contribution in [0.25, 0.3) is 0 Å². The lowest BCUT2D eigenvalue weighted by atomic mass is 10.3. The Morgan fingerprint density at radius 2 is 1.76 bits per heavy atom. The quantitative estimate of drug-likeness (QED) is 0.650. The lowest BCUT2D eigenvalue weighted by Gasteiger charge is -2.43. The molecular formula is C12H28N2O2Si. The van der Waals surface area contributed by atoms with Crippen molar-refractivity contribution in [3.05, 3.63) is 0 Å². The van der Waals surface area contributed by atoms with Gasteiger partial charge in [0.15, 0.2) is 0 Å². The number of hydrogen-bond donors (Lipinski definition) is 0. The molecule has 5 heteroatoms. The fourth-order valence-electron chi connectivity index (χ4n) is 2.40. The fraction of sp³-hybridized carbons (Fsp3) is 1.00. The molecule has 1 heterocycles. The largest absolute Gasteiger partial charge is 0.427 e. The van der Waals surface area contributed by atoms with Gasteiger partial charge >= 0.3 is 8.72 Å². The first kappa shape index (κ1) is 15.1. The molecule has 1 aliphatic heterocycles. The van der Waals surface area contributed by atoms with E-state index >= 15 is 0 Å². The minimum absolute atomic E-state index is 0.769. The van der Waals surface area contributed by atoms with Crippen LogP contribution in [0.5, 0.6) is 0 Å². The second-order valence-corrected chi connectivity index (χ2v) is 7.96. The molecule has 1 saturated heterocycles. The molecule has 0 radical (unpaired) electrons. The van der Waals surface area contributed by atoms with Crippen LogP contribution in [0.15, 0.2) is 0 Å². The van der Waals surface area contributed by atoms with E-state index in [1.165, 1.54) is 12.8 Å². The molecule has 4 nitrogen and oxygen atoms in total. The molecule has 1 fully saturated rings. The minimum Gasteiger partial charge on any atom is -0.383 e. The molecule has 0 bridgehead atoms. The maximum atomic E-state index is 6.08. The van der Waals surface area contributed by atoms with Crippen molar-refractivity contribution in [1.29, 1.82) is 0 Å². The number of rotatable bonds is 7. The molecule has 0 aromatic heterocycles. The van der Waals surface area contributed by atoms with Gasteiger partial charge in [0.25, 0.3) is 0 Å². The van der Waals surface area contributed by atoms with Gasteiger partial charge in [-0.25, -0.2) is 0 Å². The number of nitrogens with zero attached hydrogens (tertiary/aromatic N) is 2. The van der Waals surface area contributed by atoms with E-state index in [9.17, 15) is 0 Å². The van der Waals surface area contributed by atoms with E-state index in [1.807, 2.05) is 0 Å². The summed E-state index contributed by atoms with van der Waals surface area (Å²) in [5.41, 5.74) is 0. The van der Waals surface area contributed by atoms with E-state index in [-0.39, 0.29) is 0 Å². The zero-order valence-electron chi connectivity index (χ0n) is 11.9. The Hall–Kier alpha value is 0.0569. The highest BCUT2D eigenvalue weighted by Crippen LogP contribution is 2.27. The second kappa shape index (κ2) is 7.48. The average Bonchev–Trinajstić information content (AvgIpc) is 2.28. The topological polar surface area (TPSA) is 24.9 Å². The highest BCUT2D eigenvalue weighted by atomic mass is 28.4. The second-order valence-electron chi connectivity index (χ2n) is 4.83. The number of likely N-dealkylation sites (N-methyl/N-ethyl adjacent to an activating group) is 1. The van der Waals surface area contributed by atoms with Crippen LogP contribution in [0.1, 0.15) is 26.7 Å². The standard InChI is InChI=1S/C12H28N2O2Si/c1-5-15-17(16-6-2)12-8-7-9-14(17)11-10-13(3)4/h5-12H2,1-4H3. The molecule has 102 valence electrons. The first-order valence-electron chi connectivity index (χ1n) is 6.82. The third kappa shape index (κ3) is 4.33. The zero-order valence-corrected chi connectivity index (χ0v) is 12.9. The molecule has 0 aromatic carbocycles. The van der Waals surface area contributed by atoms with Gasteiger partial charge in [0, 0.05) is 32.3 Å². The van der Waals surface area contributed by atoms with Crippen molar-refractivity contribution in [2.24, 2.45) is 0 Å². The van der Waals surface area contributed by atoms with Crippen LogP contribution in [0.2, 0.25) is 6.04 Å². The normalized spacial score (nSPS) is 21.0. The lowest BCUT2D eigenvalue weighted by molar-refractivity contribution is 0.105. The zero-order chi connectivity index (χ0) is 12.7. The van der Waals surface area contributed by atoms with Gasteiger partial charge in [-0.05, 0) is 47.3 Å². The Bertz CT molecular complexity index is 203. The fourth-order valence-corrected chi connectivity index (χ4v) is 5.99. The summed E-state index contributed by atoms with van der Waals surface area (Å²) in [6, 6.07) is 1.13. The van der Waals surface area contributed by atoms with Crippen molar-refractivity contribution in [3.8, 4) is 0 Å². The molecule has 0 aliphatic carbocycles. The lowest BCUT2D eigenvalue weighted by Crippen LogP contribution is -2.62. The highest BCUT2D eigenvalue weighted by molar-refractivity contribution is 6.64. The van der Waals surface area contributed by atoms with Crippen molar-refractivity contribution in [3.63, 3.8) is 0 Å². The minimum atomic E-state index is -2.07. The summed E-state index contributed by atoms with van der Waals surface area (Å²) in [7, 11) is 2.17. The van der Waals surface area contributed by atoms with Gasteiger partial charge in [-0.15, -0.1) is 0 Å². The maximum Gasteiger partial charge on any atom is 0.427 e. The Morgan fingerprint density at radius 3 is 2.29 bits per heavy atom. The molecule has 0 unspecified atom stereocenters. The van der Waals surface area contributed by atoms with Gasteiger partial charge < -0.3 is 13.8 Å². The predicted octanol–water partition coefficient (Wildman–Crippen LogP) is 1.66. The summed E-state index contributed by atoms with van der Waals surface area (Å²) in [6.45, 7) is 8.97. The van der Waals surface area contributed by atoms with Crippen LogP contribution < -0.4 is 0 Å². The van der Waals surface area contributed by atoms with Crippen LogP contribution in [-0.4, -0.2) is 65.1 Å².